The molecule has 1 aliphatic heterocycles. The third-order valence-electron chi connectivity index (χ3n) is 5.55. The summed E-state index contributed by atoms with van der Waals surface area (Å²) < 4.78 is 5.43. The second kappa shape index (κ2) is 4.62. The van der Waals surface area contributed by atoms with Crippen molar-refractivity contribution in [2.24, 2.45) is 23.2 Å². The maximum Gasteiger partial charge on any atom is 0.410 e. The Kier molecular flexibility index (Phi) is 3.22. The van der Waals surface area contributed by atoms with E-state index in [4.69, 9.17) is 4.74 Å². The lowest BCUT2D eigenvalue weighted by Crippen LogP contribution is -2.40. The number of amides is 1. The Morgan fingerprint density at radius 2 is 2.00 bits per heavy atom. The number of carbonyl (C=O) groups excluding carboxylic acids is 1. The number of ether oxygens (including phenoxy) is 1. The van der Waals surface area contributed by atoms with Crippen LogP contribution in [0, 0.1) is 23.2 Å². The van der Waals surface area contributed by atoms with Crippen LogP contribution in [0.3, 0.4) is 0 Å². The van der Waals surface area contributed by atoms with Crippen LogP contribution in [0.25, 0.3) is 0 Å². The molecule has 0 radical (unpaired) electrons. The molecular weight excluding hydrogens is 270 g/mol. The van der Waals surface area contributed by atoms with Gasteiger partial charge in [0.15, 0.2) is 0 Å². The molecule has 3 rings (SSSR count). The van der Waals surface area contributed by atoms with Crippen molar-refractivity contribution in [2.75, 3.05) is 13.1 Å². The molecule has 1 N–H and O–H groups in total. The number of hydrogen-bond donors (Lipinski definition) is 1. The molecule has 2 bridgehead atoms. The van der Waals surface area contributed by atoms with E-state index < -0.39 is 17.5 Å². The number of likely N-dealkylation sites (tertiary alicyclic amines) is 1. The van der Waals surface area contributed by atoms with Gasteiger partial charge in [-0.05, 0) is 51.9 Å². The zero-order valence-electron chi connectivity index (χ0n) is 13.1. The molecular formula is C16H25NO4. The summed E-state index contributed by atoms with van der Waals surface area (Å²) in [6.07, 6.45) is 4.09. The number of carbonyl (C=O) groups is 2. The average molecular weight is 295 g/mol. The molecule has 5 nitrogen and oxygen atoms in total. The minimum atomic E-state index is -0.756. The highest BCUT2D eigenvalue weighted by Crippen LogP contribution is 2.61. The molecule has 1 spiro atoms. The van der Waals surface area contributed by atoms with Crippen LogP contribution in [0.1, 0.15) is 46.5 Å². The molecule has 0 aromatic carbocycles. The topological polar surface area (TPSA) is 66.8 Å². The molecule has 5 heteroatoms. The van der Waals surface area contributed by atoms with E-state index in [2.05, 4.69) is 0 Å². The minimum absolute atomic E-state index is 0.203. The number of carboxylic acids is 1. The first-order valence-electron chi connectivity index (χ1n) is 7.92. The lowest BCUT2D eigenvalue weighted by atomic mass is 9.67. The molecule has 21 heavy (non-hydrogen) atoms. The highest BCUT2D eigenvalue weighted by Gasteiger charge is 2.61. The number of hydrogen-bond acceptors (Lipinski definition) is 3. The first kappa shape index (κ1) is 14.7. The zero-order valence-corrected chi connectivity index (χ0v) is 13.1. The van der Waals surface area contributed by atoms with E-state index in [0.29, 0.717) is 24.9 Å². The summed E-state index contributed by atoms with van der Waals surface area (Å²) in [4.78, 5) is 25.6. The van der Waals surface area contributed by atoms with Crippen LogP contribution in [-0.4, -0.2) is 40.8 Å². The molecule has 2 saturated carbocycles. The van der Waals surface area contributed by atoms with Gasteiger partial charge in [0.05, 0.1) is 5.92 Å². The van der Waals surface area contributed by atoms with E-state index >= 15 is 0 Å². The molecule has 0 aromatic rings. The summed E-state index contributed by atoms with van der Waals surface area (Å²) in [7, 11) is 0. The Morgan fingerprint density at radius 1 is 1.29 bits per heavy atom. The highest BCUT2D eigenvalue weighted by atomic mass is 16.6. The Balaban J connectivity index is 1.79. The van der Waals surface area contributed by atoms with Gasteiger partial charge in [-0.15, -0.1) is 0 Å². The Morgan fingerprint density at radius 3 is 2.48 bits per heavy atom. The van der Waals surface area contributed by atoms with Crippen LogP contribution in [0.15, 0.2) is 0 Å². The van der Waals surface area contributed by atoms with E-state index in [-0.39, 0.29) is 11.5 Å². The number of rotatable bonds is 1. The second-order valence-electron chi connectivity index (χ2n) is 8.06. The number of nitrogens with zero attached hydrogens (tertiary/aromatic N) is 1. The van der Waals surface area contributed by atoms with Crippen molar-refractivity contribution < 1.29 is 19.4 Å². The summed E-state index contributed by atoms with van der Waals surface area (Å²) in [5.74, 6) is -0.0552. The number of aliphatic carboxylic acids is 1. The molecule has 2 aliphatic carbocycles. The van der Waals surface area contributed by atoms with Crippen LogP contribution in [0.5, 0.6) is 0 Å². The number of fused-ring (bicyclic) bond motifs is 3. The second-order valence-corrected chi connectivity index (χ2v) is 8.06. The van der Waals surface area contributed by atoms with Gasteiger partial charge in [-0.25, -0.2) is 4.79 Å². The van der Waals surface area contributed by atoms with Crippen molar-refractivity contribution in [2.45, 2.75) is 52.1 Å². The largest absolute Gasteiger partial charge is 0.481 e. The van der Waals surface area contributed by atoms with E-state index in [1.165, 1.54) is 6.42 Å². The molecule has 4 atom stereocenters. The van der Waals surface area contributed by atoms with Gasteiger partial charge in [0, 0.05) is 18.5 Å². The van der Waals surface area contributed by atoms with Gasteiger partial charge in [-0.2, -0.15) is 0 Å². The lowest BCUT2D eigenvalue weighted by Gasteiger charge is -2.36. The predicted octanol–water partition coefficient (Wildman–Crippen LogP) is 2.74. The SMILES string of the molecule is CC(C)(C)OC(=O)N1CC(C(=O)O)C2(CC3CCC2C3)C1. The van der Waals surface area contributed by atoms with Gasteiger partial charge >= 0.3 is 12.1 Å². The Hall–Kier alpha value is -1.26. The third-order valence-corrected chi connectivity index (χ3v) is 5.55. The summed E-state index contributed by atoms with van der Waals surface area (Å²) in [6.45, 7) is 6.36. The van der Waals surface area contributed by atoms with E-state index in [0.717, 1.165) is 19.3 Å². The fourth-order valence-electron chi connectivity index (χ4n) is 4.83. The van der Waals surface area contributed by atoms with E-state index in [1.807, 2.05) is 20.8 Å². The smallest absolute Gasteiger partial charge is 0.410 e. The van der Waals surface area contributed by atoms with Gasteiger partial charge in [-0.1, -0.05) is 6.42 Å². The van der Waals surface area contributed by atoms with Gasteiger partial charge in [0.2, 0.25) is 0 Å². The van der Waals surface area contributed by atoms with Crippen LogP contribution < -0.4 is 0 Å². The quantitative estimate of drug-likeness (QED) is 0.807. The normalized spacial score (nSPS) is 38.2. The third kappa shape index (κ3) is 2.40. The van der Waals surface area contributed by atoms with Crippen molar-refractivity contribution >= 4 is 12.1 Å². The molecule has 3 fully saturated rings. The monoisotopic (exact) mass is 295 g/mol. The van der Waals surface area contributed by atoms with Gasteiger partial charge in [0.1, 0.15) is 5.60 Å². The summed E-state index contributed by atoms with van der Waals surface area (Å²) in [5.41, 5.74) is -0.744. The zero-order chi connectivity index (χ0) is 15.4. The fraction of sp³-hybridized carbons (Fsp3) is 0.875. The number of carboxylic acid groups (broad SMARTS) is 1. The van der Waals surface area contributed by atoms with Crippen molar-refractivity contribution in [1.29, 1.82) is 0 Å². The Labute approximate surface area is 125 Å². The van der Waals surface area contributed by atoms with Crippen LogP contribution in [-0.2, 0) is 9.53 Å². The Bertz CT molecular complexity index is 469. The average Bonchev–Trinajstić information content (AvgIpc) is 3.00. The maximum atomic E-state index is 12.3. The molecule has 1 saturated heterocycles. The molecule has 1 amide bonds. The first-order valence-corrected chi connectivity index (χ1v) is 7.92. The predicted molar refractivity (Wildman–Crippen MR) is 76.8 cm³/mol. The summed E-state index contributed by atoms with van der Waals surface area (Å²) in [6, 6.07) is 0. The van der Waals surface area contributed by atoms with Crippen LogP contribution >= 0.6 is 0 Å². The van der Waals surface area contributed by atoms with Crippen molar-refractivity contribution in [3.05, 3.63) is 0 Å². The standard InChI is InChI=1S/C16H25NO4/c1-15(2,3)21-14(20)17-8-12(13(18)19)16(9-17)7-10-4-5-11(16)6-10/h10-12H,4-9H2,1-3H3,(H,18,19). The molecule has 1 heterocycles. The molecule has 0 aromatic heterocycles. The minimum Gasteiger partial charge on any atom is -0.481 e. The molecule has 118 valence electrons. The first-order chi connectivity index (χ1) is 9.71. The highest BCUT2D eigenvalue weighted by molar-refractivity contribution is 5.75. The maximum absolute atomic E-state index is 12.3. The van der Waals surface area contributed by atoms with Gasteiger partial charge in [0.25, 0.3) is 0 Å². The van der Waals surface area contributed by atoms with E-state index in [9.17, 15) is 14.7 Å². The van der Waals surface area contributed by atoms with Crippen molar-refractivity contribution in [3.63, 3.8) is 0 Å². The molecule has 3 aliphatic rings. The van der Waals surface area contributed by atoms with Crippen LogP contribution in [0.2, 0.25) is 0 Å². The van der Waals surface area contributed by atoms with Gasteiger partial charge < -0.3 is 14.7 Å². The summed E-state index contributed by atoms with van der Waals surface area (Å²) >= 11 is 0. The lowest BCUT2D eigenvalue weighted by molar-refractivity contribution is -0.146. The van der Waals surface area contributed by atoms with Crippen molar-refractivity contribution in [3.8, 4) is 0 Å². The molecule has 4 unspecified atom stereocenters. The van der Waals surface area contributed by atoms with Gasteiger partial charge in [-0.3, -0.25) is 4.79 Å². The fourth-order valence-corrected chi connectivity index (χ4v) is 4.83. The van der Waals surface area contributed by atoms with Crippen molar-refractivity contribution in [1.82, 2.24) is 4.90 Å². The summed E-state index contributed by atoms with van der Waals surface area (Å²) in [5, 5.41) is 9.62. The van der Waals surface area contributed by atoms with Crippen LogP contribution in [0.4, 0.5) is 4.79 Å². The van der Waals surface area contributed by atoms with E-state index in [1.54, 1.807) is 4.90 Å².